The van der Waals surface area contributed by atoms with E-state index < -0.39 is 0 Å². The number of halogens is 1. The van der Waals surface area contributed by atoms with E-state index in [1.54, 1.807) is 19.1 Å². The summed E-state index contributed by atoms with van der Waals surface area (Å²) in [6.07, 6.45) is 1.14. The van der Waals surface area contributed by atoms with Gasteiger partial charge < -0.3 is 9.46 Å². The molecule has 0 aliphatic carbocycles. The van der Waals surface area contributed by atoms with Gasteiger partial charge in [0.25, 0.3) is 0 Å². The number of alkyl halides is 1. The summed E-state index contributed by atoms with van der Waals surface area (Å²) in [7, 11) is 7.84. The number of rotatable bonds is 5. The molecular weight excluding hydrogens is 248 g/mol. The summed E-state index contributed by atoms with van der Waals surface area (Å²) in [5, 5.41) is 0. The van der Waals surface area contributed by atoms with Crippen LogP contribution >= 0.6 is 11.9 Å². The molecule has 102 valence electrons. The van der Waals surface area contributed by atoms with Gasteiger partial charge in [0, 0.05) is 5.75 Å². The van der Waals surface area contributed by atoms with Gasteiger partial charge >= 0.3 is 0 Å². The molecule has 0 unspecified atom stereocenters. The number of benzene rings is 1. The lowest BCUT2D eigenvalue weighted by atomic mass is 9.96. The highest BCUT2D eigenvalue weighted by Crippen LogP contribution is 2.24. The maximum absolute atomic E-state index is 9.50. The van der Waals surface area contributed by atoms with Crippen LogP contribution < -0.4 is 14.9 Å². The zero-order valence-electron chi connectivity index (χ0n) is 11.9. The van der Waals surface area contributed by atoms with Crippen LogP contribution in [0.5, 0.6) is 5.75 Å². The van der Waals surface area contributed by atoms with Crippen LogP contribution in [0.2, 0.25) is 0 Å². The maximum atomic E-state index is 9.50. The van der Waals surface area contributed by atoms with Gasteiger partial charge in [0.2, 0.25) is 0 Å². The normalized spacial score (nSPS) is 8.33. The summed E-state index contributed by atoms with van der Waals surface area (Å²) in [5.74, 6) is 1.89. The maximum Gasteiger partial charge on any atom is 0.142 e. The van der Waals surface area contributed by atoms with E-state index >= 15 is 0 Å². The van der Waals surface area contributed by atoms with Crippen molar-refractivity contribution in [3.8, 4) is 5.75 Å². The van der Waals surface area contributed by atoms with Crippen molar-refractivity contribution >= 4 is 30.9 Å². The molecule has 0 atom stereocenters. The van der Waals surface area contributed by atoms with E-state index in [-0.39, 0.29) is 0 Å². The number of hydrogen-bond acceptors (Lipinski definition) is 3. The Labute approximate surface area is 116 Å². The Hall–Kier alpha value is -0.835. The summed E-state index contributed by atoms with van der Waals surface area (Å²) in [6.45, 7) is 6.14. The second-order valence-electron chi connectivity index (χ2n) is 2.91. The highest BCUT2D eigenvalue weighted by Gasteiger charge is 2.01. The molecule has 1 aromatic carbocycles. The molecular formula is C13H23BFNOS. The van der Waals surface area contributed by atoms with Crippen LogP contribution in [0.1, 0.15) is 27.2 Å². The van der Waals surface area contributed by atoms with Crippen LogP contribution in [0, 0.1) is 0 Å². The van der Waals surface area contributed by atoms with Gasteiger partial charge in [-0.2, -0.15) is 0 Å². The minimum absolute atomic E-state index is 0.500. The summed E-state index contributed by atoms with van der Waals surface area (Å²) < 4.78 is 17.9. The molecule has 0 heterocycles. The fourth-order valence-corrected chi connectivity index (χ4v) is 1.66. The largest absolute Gasteiger partial charge is 0.495 e. The van der Waals surface area contributed by atoms with Crippen LogP contribution in [0.3, 0.4) is 0 Å². The number of hydrogen-bond donors (Lipinski definition) is 1. The fourth-order valence-electron chi connectivity index (χ4n) is 1.04. The highest BCUT2D eigenvalue weighted by molar-refractivity contribution is 8.00. The Bertz CT molecular complexity index is 300. The van der Waals surface area contributed by atoms with E-state index in [0.29, 0.717) is 7.18 Å². The Balaban J connectivity index is 0. The van der Waals surface area contributed by atoms with Crippen molar-refractivity contribution in [2.45, 2.75) is 27.2 Å². The Morgan fingerprint density at radius 1 is 1.33 bits per heavy atom. The van der Waals surface area contributed by atoms with Gasteiger partial charge in [-0.1, -0.05) is 44.2 Å². The minimum Gasteiger partial charge on any atom is -0.495 e. The highest BCUT2D eigenvalue weighted by atomic mass is 32.2. The molecule has 1 rings (SSSR count). The second-order valence-corrected chi connectivity index (χ2v) is 3.81. The van der Waals surface area contributed by atoms with Crippen molar-refractivity contribution in [2.75, 3.05) is 24.8 Å². The summed E-state index contributed by atoms with van der Waals surface area (Å²) in [4.78, 5) is 0. The van der Waals surface area contributed by atoms with Gasteiger partial charge in [-0.15, -0.1) is 0 Å². The minimum atomic E-state index is 0.500. The average molecular weight is 271 g/mol. The van der Waals surface area contributed by atoms with E-state index in [0.717, 1.165) is 29.1 Å². The molecule has 1 aromatic rings. The van der Waals surface area contributed by atoms with Gasteiger partial charge in [-0.05, 0) is 18.6 Å². The van der Waals surface area contributed by atoms with Gasteiger partial charge in [-0.25, -0.2) is 0 Å². The molecule has 0 aliphatic heterocycles. The second kappa shape index (κ2) is 14.2. The topological polar surface area (TPSA) is 21.3 Å². The number of anilines is 1. The summed E-state index contributed by atoms with van der Waals surface area (Å²) >= 11 is 1.66. The molecule has 5 heteroatoms. The zero-order chi connectivity index (χ0) is 14.4. The van der Waals surface area contributed by atoms with E-state index in [2.05, 4.69) is 11.6 Å². The monoisotopic (exact) mass is 271 g/mol. The van der Waals surface area contributed by atoms with E-state index in [1.165, 1.54) is 0 Å². The van der Waals surface area contributed by atoms with Crippen molar-refractivity contribution in [3.63, 3.8) is 0 Å². The molecule has 2 nitrogen and oxygen atoms in total. The fraction of sp³-hybridized carbons (Fsp3) is 0.538. The molecule has 0 saturated carbocycles. The zero-order valence-corrected chi connectivity index (χ0v) is 12.7. The van der Waals surface area contributed by atoms with Crippen LogP contribution in [-0.2, 0) is 0 Å². The van der Waals surface area contributed by atoms with Crippen LogP contribution in [-0.4, -0.2) is 27.9 Å². The standard InChI is InChI=1S/C10H14BNOS.C2H6.CH3F/c1-3-6-14-12-9-7-8(11)4-5-10(9)13-2;2*1-2/h4-5,7,12H,3,6H2,1-2H3;1-2H3;1H3. The summed E-state index contributed by atoms with van der Waals surface area (Å²) in [5.41, 5.74) is 1.68. The molecule has 0 bridgehead atoms. The first-order chi connectivity index (χ1) is 8.77. The predicted octanol–water partition coefficient (Wildman–Crippen LogP) is 3.57. The van der Waals surface area contributed by atoms with Crippen LogP contribution in [0.25, 0.3) is 0 Å². The predicted molar refractivity (Wildman–Crippen MR) is 83.1 cm³/mol. The Morgan fingerprint density at radius 2 is 1.94 bits per heavy atom. The van der Waals surface area contributed by atoms with Crippen molar-refractivity contribution in [1.82, 2.24) is 0 Å². The molecule has 0 aliphatic rings. The number of ether oxygens (including phenoxy) is 1. The van der Waals surface area contributed by atoms with Crippen LogP contribution in [0.15, 0.2) is 18.2 Å². The number of methoxy groups -OCH3 is 1. The molecule has 0 spiro atoms. The quantitative estimate of drug-likeness (QED) is 0.502. The van der Waals surface area contributed by atoms with Gasteiger partial charge in [0.05, 0.1) is 20.0 Å². The molecule has 0 saturated heterocycles. The third-order valence-electron chi connectivity index (χ3n) is 1.71. The van der Waals surface area contributed by atoms with Crippen molar-refractivity contribution < 1.29 is 9.13 Å². The molecule has 2 radical (unpaired) electrons. The van der Waals surface area contributed by atoms with Gasteiger partial charge in [-0.3, -0.25) is 4.39 Å². The third kappa shape index (κ3) is 8.28. The first-order valence-electron chi connectivity index (χ1n) is 5.97. The van der Waals surface area contributed by atoms with E-state index in [4.69, 9.17) is 12.6 Å². The van der Waals surface area contributed by atoms with Gasteiger partial charge in [0.1, 0.15) is 13.6 Å². The Kier molecular flexibility index (Phi) is 15.4. The SMILES string of the molecule is CC.CF.[B]c1ccc(OC)c(NSCCC)c1. The van der Waals surface area contributed by atoms with Crippen LogP contribution in [0.4, 0.5) is 10.1 Å². The van der Waals surface area contributed by atoms with Gasteiger partial charge in [0.15, 0.2) is 0 Å². The Morgan fingerprint density at radius 3 is 2.44 bits per heavy atom. The molecule has 0 amide bonds. The lowest BCUT2D eigenvalue weighted by molar-refractivity contribution is 0.417. The van der Waals surface area contributed by atoms with Crippen molar-refractivity contribution in [3.05, 3.63) is 18.2 Å². The molecule has 18 heavy (non-hydrogen) atoms. The molecule has 1 N–H and O–H groups in total. The van der Waals surface area contributed by atoms with E-state index in [9.17, 15) is 4.39 Å². The summed E-state index contributed by atoms with van der Waals surface area (Å²) in [6, 6.07) is 5.57. The lowest BCUT2D eigenvalue weighted by Gasteiger charge is -2.10. The molecule has 0 aromatic heterocycles. The van der Waals surface area contributed by atoms with Crippen molar-refractivity contribution in [1.29, 1.82) is 0 Å². The van der Waals surface area contributed by atoms with Crippen molar-refractivity contribution in [2.24, 2.45) is 0 Å². The molecule has 0 fully saturated rings. The smallest absolute Gasteiger partial charge is 0.142 e. The first-order valence-corrected chi connectivity index (χ1v) is 6.95. The van der Waals surface area contributed by atoms with E-state index in [1.807, 2.05) is 32.0 Å². The lowest BCUT2D eigenvalue weighted by Crippen LogP contribution is -2.04. The number of nitrogens with one attached hydrogen (secondary N) is 1. The third-order valence-corrected chi connectivity index (χ3v) is 2.69. The average Bonchev–Trinajstić information content (AvgIpc) is 2.44. The first kappa shape index (κ1) is 19.5.